The lowest BCUT2D eigenvalue weighted by Crippen LogP contribution is -2.37. The van der Waals surface area contributed by atoms with Crippen LogP contribution in [-0.4, -0.2) is 36.3 Å². The van der Waals surface area contributed by atoms with Crippen LogP contribution < -0.4 is 4.74 Å². The fourth-order valence-electron chi connectivity index (χ4n) is 2.36. The largest absolute Gasteiger partial charge is 0.495 e. The number of nitrogens with zero attached hydrogens (tertiary/aromatic N) is 2. The molecular weight excluding hydrogens is 228 g/mol. The fourth-order valence-corrected chi connectivity index (χ4v) is 2.36. The molecule has 0 radical (unpaired) electrons. The summed E-state index contributed by atoms with van der Waals surface area (Å²) in [5.41, 5.74) is 1.67. The number of benzene rings is 1. The molecule has 18 heavy (non-hydrogen) atoms. The Kier molecular flexibility index (Phi) is 4.19. The minimum Gasteiger partial charge on any atom is -0.495 e. The Labute approximate surface area is 107 Å². The molecule has 0 aromatic heterocycles. The lowest BCUT2D eigenvalue weighted by molar-refractivity contribution is 0.0668. The van der Waals surface area contributed by atoms with E-state index in [4.69, 9.17) is 10.00 Å². The molecule has 1 aliphatic rings. The van der Waals surface area contributed by atoms with E-state index in [0.717, 1.165) is 38.0 Å². The summed E-state index contributed by atoms with van der Waals surface area (Å²) in [5, 5.41) is 18.6. The van der Waals surface area contributed by atoms with Gasteiger partial charge in [0.25, 0.3) is 0 Å². The van der Waals surface area contributed by atoms with Crippen molar-refractivity contribution >= 4 is 0 Å². The number of nitriles is 1. The molecule has 0 spiro atoms. The maximum Gasteiger partial charge on any atom is 0.136 e. The van der Waals surface area contributed by atoms with Gasteiger partial charge in [0.15, 0.2) is 0 Å². The van der Waals surface area contributed by atoms with Crippen molar-refractivity contribution < 1.29 is 9.84 Å². The summed E-state index contributed by atoms with van der Waals surface area (Å²) in [6.45, 7) is 2.53. The average Bonchev–Trinajstić information content (AvgIpc) is 2.38. The zero-order valence-electron chi connectivity index (χ0n) is 10.6. The number of rotatable bonds is 3. The molecule has 1 heterocycles. The van der Waals surface area contributed by atoms with E-state index in [9.17, 15) is 5.11 Å². The smallest absolute Gasteiger partial charge is 0.136 e. The predicted molar refractivity (Wildman–Crippen MR) is 68.2 cm³/mol. The van der Waals surface area contributed by atoms with Crippen molar-refractivity contribution in [2.24, 2.45) is 0 Å². The van der Waals surface area contributed by atoms with Crippen LogP contribution in [0.15, 0.2) is 18.2 Å². The first-order valence-electron chi connectivity index (χ1n) is 6.20. The van der Waals surface area contributed by atoms with Gasteiger partial charge < -0.3 is 9.84 Å². The summed E-state index contributed by atoms with van der Waals surface area (Å²) in [5.74, 6) is 0.618. The SMILES string of the molecule is COc1cc(CN2CCCC(O)C2)ccc1C#N. The Bertz CT molecular complexity index is 454. The first-order chi connectivity index (χ1) is 8.72. The van der Waals surface area contributed by atoms with Gasteiger partial charge in [0.1, 0.15) is 11.8 Å². The molecule has 0 saturated carbocycles. The highest BCUT2D eigenvalue weighted by molar-refractivity contribution is 5.45. The maximum atomic E-state index is 9.63. The third-order valence-corrected chi connectivity index (χ3v) is 3.27. The normalized spacial score (nSPS) is 20.4. The number of aliphatic hydroxyl groups excluding tert-OH is 1. The van der Waals surface area contributed by atoms with Crippen molar-refractivity contribution in [3.63, 3.8) is 0 Å². The van der Waals surface area contributed by atoms with Crippen LogP contribution >= 0.6 is 0 Å². The van der Waals surface area contributed by atoms with Crippen LogP contribution in [0.25, 0.3) is 0 Å². The summed E-state index contributed by atoms with van der Waals surface area (Å²) < 4.78 is 5.20. The predicted octanol–water partition coefficient (Wildman–Crippen LogP) is 1.52. The molecular formula is C14H18N2O2. The molecule has 1 unspecified atom stereocenters. The molecule has 1 atom stereocenters. The molecule has 1 fully saturated rings. The minimum atomic E-state index is -0.209. The summed E-state index contributed by atoms with van der Waals surface area (Å²) >= 11 is 0. The van der Waals surface area contributed by atoms with Gasteiger partial charge in [0.05, 0.1) is 18.8 Å². The van der Waals surface area contributed by atoms with Crippen LogP contribution in [0.2, 0.25) is 0 Å². The third kappa shape index (κ3) is 3.00. The highest BCUT2D eigenvalue weighted by Crippen LogP contribution is 2.21. The molecule has 4 nitrogen and oxygen atoms in total. The number of likely N-dealkylation sites (tertiary alicyclic amines) is 1. The molecule has 2 rings (SSSR count). The average molecular weight is 246 g/mol. The van der Waals surface area contributed by atoms with Crippen molar-refractivity contribution in [3.8, 4) is 11.8 Å². The second-order valence-electron chi connectivity index (χ2n) is 4.68. The Morgan fingerprint density at radius 2 is 2.39 bits per heavy atom. The van der Waals surface area contributed by atoms with Crippen LogP contribution in [0.3, 0.4) is 0 Å². The van der Waals surface area contributed by atoms with Crippen molar-refractivity contribution in [1.29, 1.82) is 5.26 Å². The van der Waals surface area contributed by atoms with E-state index in [-0.39, 0.29) is 6.10 Å². The van der Waals surface area contributed by atoms with Crippen molar-refractivity contribution in [3.05, 3.63) is 29.3 Å². The topological polar surface area (TPSA) is 56.5 Å². The monoisotopic (exact) mass is 246 g/mol. The van der Waals surface area contributed by atoms with Gasteiger partial charge in [0, 0.05) is 13.1 Å². The van der Waals surface area contributed by atoms with Gasteiger partial charge in [-0.2, -0.15) is 5.26 Å². The van der Waals surface area contributed by atoms with E-state index >= 15 is 0 Å². The van der Waals surface area contributed by atoms with E-state index in [1.165, 1.54) is 0 Å². The van der Waals surface area contributed by atoms with Crippen molar-refractivity contribution in [1.82, 2.24) is 4.90 Å². The second kappa shape index (κ2) is 5.85. The molecule has 0 amide bonds. The molecule has 1 aromatic rings. The van der Waals surface area contributed by atoms with E-state index in [0.29, 0.717) is 11.3 Å². The summed E-state index contributed by atoms with van der Waals surface area (Å²) in [4.78, 5) is 2.23. The summed E-state index contributed by atoms with van der Waals surface area (Å²) in [7, 11) is 1.57. The zero-order valence-corrected chi connectivity index (χ0v) is 10.6. The maximum absolute atomic E-state index is 9.63. The molecule has 1 aromatic carbocycles. The third-order valence-electron chi connectivity index (χ3n) is 3.27. The Morgan fingerprint density at radius 1 is 1.56 bits per heavy atom. The van der Waals surface area contributed by atoms with Crippen LogP contribution in [0.4, 0.5) is 0 Å². The van der Waals surface area contributed by atoms with Gasteiger partial charge in [-0.1, -0.05) is 6.07 Å². The molecule has 96 valence electrons. The Hall–Kier alpha value is -1.57. The number of ether oxygens (including phenoxy) is 1. The highest BCUT2D eigenvalue weighted by atomic mass is 16.5. The van der Waals surface area contributed by atoms with Gasteiger partial charge in [-0.05, 0) is 37.1 Å². The lowest BCUT2D eigenvalue weighted by atomic mass is 10.1. The Balaban J connectivity index is 2.07. The van der Waals surface area contributed by atoms with E-state index in [1.54, 1.807) is 13.2 Å². The number of methoxy groups -OCH3 is 1. The molecule has 1 N–H and O–H groups in total. The molecule has 4 heteroatoms. The number of aliphatic hydroxyl groups is 1. The van der Waals surface area contributed by atoms with Crippen molar-refractivity contribution in [2.45, 2.75) is 25.5 Å². The number of hydrogen-bond donors (Lipinski definition) is 1. The highest BCUT2D eigenvalue weighted by Gasteiger charge is 2.17. The number of hydrogen-bond acceptors (Lipinski definition) is 4. The van der Waals surface area contributed by atoms with Crippen LogP contribution in [0, 0.1) is 11.3 Å². The fraction of sp³-hybridized carbons (Fsp3) is 0.500. The Morgan fingerprint density at radius 3 is 3.06 bits per heavy atom. The van der Waals surface area contributed by atoms with Gasteiger partial charge in [-0.15, -0.1) is 0 Å². The lowest BCUT2D eigenvalue weighted by Gasteiger charge is -2.30. The number of piperidine rings is 1. The summed E-state index contributed by atoms with van der Waals surface area (Å²) in [6, 6.07) is 7.74. The zero-order chi connectivity index (χ0) is 13.0. The van der Waals surface area contributed by atoms with E-state index < -0.39 is 0 Å². The van der Waals surface area contributed by atoms with Crippen LogP contribution in [-0.2, 0) is 6.54 Å². The van der Waals surface area contributed by atoms with Crippen LogP contribution in [0.5, 0.6) is 5.75 Å². The van der Waals surface area contributed by atoms with Crippen LogP contribution in [0.1, 0.15) is 24.0 Å². The van der Waals surface area contributed by atoms with Gasteiger partial charge in [-0.3, -0.25) is 4.90 Å². The molecule has 0 bridgehead atoms. The van der Waals surface area contributed by atoms with Gasteiger partial charge in [0.2, 0.25) is 0 Å². The standard InChI is InChI=1S/C14H18N2O2/c1-18-14-7-11(4-5-12(14)8-15)9-16-6-2-3-13(17)10-16/h4-5,7,13,17H,2-3,6,9-10H2,1H3. The van der Waals surface area contributed by atoms with E-state index in [1.807, 2.05) is 12.1 Å². The van der Waals surface area contributed by atoms with Gasteiger partial charge in [-0.25, -0.2) is 0 Å². The second-order valence-corrected chi connectivity index (χ2v) is 4.68. The van der Waals surface area contributed by atoms with E-state index in [2.05, 4.69) is 11.0 Å². The van der Waals surface area contributed by atoms with Gasteiger partial charge >= 0.3 is 0 Å². The quantitative estimate of drug-likeness (QED) is 0.878. The molecule has 1 saturated heterocycles. The summed E-state index contributed by atoms with van der Waals surface area (Å²) in [6.07, 6.45) is 1.72. The molecule has 1 aliphatic heterocycles. The molecule has 0 aliphatic carbocycles. The number of β-amino-alcohol motifs (C(OH)–C–C–N with tert-alkyl or cyclic N) is 1. The first kappa shape index (κ1) is 12.9. The first-order valence-corrected chi connectivity index (χ1v) is 6.20. The minimum absolute atomic E-state index is 0.209. The van der Waals surface area contributed by atoms with Crippen molar-refractivity contribution in [2.75, 3.05) is 20.2 Å².